The minimum atomic E-state index is -3.34. The van der Waals surface area contributed by atoms with E-state index in [0.717, 1.165) is 33.3 Å². The van der Waals surface area contributed by atoms with Crippen molar-refractivity contribution >= 4 is 42.4 Å². The molecule has 8 heteroatoms. The average Bonchev–Trinajstić information content (AvgIpc) is 3.16. The van der Waals surface area contributed by atoms with Gasteiger partial charge in [-0.05, 0) is 67.4 Å². The van der Waals surface area contributed by atoms with Crippen molar-refractivity contribution in [3.05, 3.63) is 83.2 Å². The fraction of sp³-hybridized carbons (Fsp3) is 0.174. The van der Waals surface area contributed by atoms with Crippen LogP contribution in [0.5, 0.6) is 0 Å². The maximum atomic E-state index is 13.5. The summed E-state index contributed by atoms with van der Waals surface area (Å²) in [6.07, 6.45) is 2.83. The molecule has 0 unspecified atom stereocenters. The third kappa shape index (κ3) is 4.50. The Morgan fingerprint density at radius 2 is 1.81 bits per heavy atom. The molecule has 0 aliphatic heterocycles. The molecule has 158 valence electrons. The molecule has 2 aromatic carbocycles. The number of sulfone groups is 1. The number of aromatic nitrogens is 2. The summed E-state index contributed by atoms with van der Waals surface area (Å²) < 4.78 is 24.5. The van der Waals surface area contributed by atoms with Gasteiger partial charge in [-0.15, -0.1) is 0 Å². The van der Waals surface area contributed by atoms with Crippen LogP contribution in [0.4, 0.5) is 5.13 Å². The predicted octanol–water partition coefficient (Wildman–Crippen LogP) is 4.56. The van der Waals surface area contributed by atoms with Crippen molar-refractivity contribution in [1.29, 1.82) is 0 Å². The summed E-state index contributed by atoms with van der Waals surface area (Å²) in [7, 11) is -3.34. The molecule has 0 aliphatic carbocycles. The van der Waals surface area contributed by atoms with Gasteiger partial charge in [-0.25, -0.2) is 13.4 Å². The highest BCUT2D eigenvalue weighted by Gasteiger charge is 2.23. The van der Waals surface area contributed by atoms with E-state index in [1.807, 2.05) is 32.0 Å². The summed E-state index contributed by atoms with van der Waals surface area (Å²) >= 11 is 1.45. The Hall–Kier alpha value is -3.10. The first kappa shape index (κ1) is 21.1. The molecule has 0 spiro atoms. The highest BCUT2D eigenvalue weighted by atomic mass is 32.2. The van der Waals surface area contributed by atoms with Crippen molar-refractivity contribution in [2.45, 2.75) is 25.3 Å². The van der Waals surface area contributed by atoms with Gasteiger partial charge in [0.25, 0.3) is 5.91 Å². The van der Waals surface area contributed by atoms with Crippen molar-refractivity contribution in [2.24, 2.45) is 0 Å². The third-order valence-corrected chi connectivity index (χ3v) is 7.02. The van der Waals surface area contributed by atoms with Gasteiger partial charge in [0.15, 0.2) is 15.0 Å². The lowest BCUT2D eigenvalue weighted by molar-refractivity contribution is 0.0984. The molecule has 6 nitrogen and oxygen atoms in total. The van der Waals surface area contributed by atoms with Crippen molar-refractivity contribution in [3.63, 3.8) is 0 Å². The maximum absolute atomic E-state index is 13.5. The van der Waals surface area contributed by atoms with Crippen molar-refractivity contribution < 1.29 is 13.2 Å². The number of pyridine rings is 1. The van der Waals surface area contributed by atoms with E-state index in [1.165, 1.54) is 35.6 Å². The van der Waals surface area contributed by atoms with Crippen LogP contribution in [-0.4, -0.2) is 30.5 Å². The van der Waals surface area contributed by atoms with Crippen LogP contribution >= 0.6 is 11.3 Å². The Balaban J connectivity index is 1.77. The van der Waals surface area contributed by atoms with E-state index in [0.29, 0.717) is 10.7 Å². The highest BCUT2D eigenvalue weighted by Crippen LogP contribution is 2.33. The van der Waals surface area contributed by atoms with Gasteiger partial charge < -0.3 is 0 Å². The Morgan fingerprint density at radius 3 is 2.45 bits per heavy atom. The van der Waals surface area contributed by atoms with Crippen LogP contribution in [0.15, 0.2) is 65.7 Å². The molecule has 2 aromatic heterocycles. The minimum absolute atomic E-state index is 0.173. The molecular weight excluding hydrogens is 430 g/mol. The number of fused-ring (bicyclic) bond motifs is 1. The topological polar surface area (TPSA) is 80.2 Å². The van der Waals surface area contributed by atoms with Gasteiger partial charge in [0.05, 0.1) is 27.4 Å². The lowest BCUT2D eigenvalue weighted by Gasteiger charge is -2.19. The number of rotatable bonds is 5. The van der Waals surface area contributed by atoms with Gasteiger partial charge in [-0.3, -0.25) is 14.7 Å². The van der Waals surface area contributed by atoms with Crippen LogP contribution in [0.3, 0.4) is 0 Å². The molecule has 0 N–H and O–H groups in total. The number of hydrogen-bond acceptors (Lipinski definition) is 6. The summed E-state index contributed by atoms with van der Waals surface area (Å²) in [6.45, 7) is 4.30. The molecular formula is C23H21N3O3S2. The van der Waals surface area contributed by atoms with Crippen molar-refractivity contribution in [3.8, 4) is 0 Å². The lowest BCUT2D eigenvalue weighted by atomic mass is 10.1. The molecule has 0 aliphatic rings. The van der Waals surface area contributed by atoms with Crippen LogP contribution in [0.1, 0.15) is 27.2 Å². The molecule has 4 rings (SSSR count). The molecule has 0 fully saturated rings. The number of carbonyl (C=O) groups is 1. The zero-order valence-corrected chi connectivity index (χ0v) is 19.0. The molecule has 0 saturated heterocycles. The monoisotopic (exact) mass is 451 g/mol. The molecule has 4 aromatic rings. The molecule has 0 radical (unpaired) electrons. The Morgan fingerprint density at radius 1 is 1.06 bits per heavy atom. The third-order valence-electron chi connectivity index (χ3n) is 4.87. The second kappa shape index (κ2) is 8.20. The second-order valence-corrected chi connectivity index (χ2v) is 10.5. The van der Waals surface area contributed by atoms with Gasteiger partial charge in [0.1, 0.15) is 0 Å². The van der Waals surface area contributed by atoms with Crippen molar-refractivity contribution in [1.82, 2.24) is 9.97 Å². The summed E-state index contributed by atoms with van der Waals surface area (Å²) in [6, 6.07) is 15.7. The number of aryl methyl sites for hydroxylation is 2. The zero-order chi connectivity index (χ0) is 22.2. The van der Waals surface area contributed by atoms with Crippen LogP contribution in [0.25, 0.3) is 10.2 Å². The fourth-order valence-corrected chi connectivity index (χ4v) is 5.12. The molecule has 2 heterocycles. The Labute approximate surface area is 185 Å². The van der Waals surface area contributed by atoms with Crippen molar-refractivity contribution in [2.75, 3.05) is 11.2 Å². The van der Waals surface area contributed by atoms with E-state index in [9.17, 15) is 13.2 Å². The number of anilines is 1. The Bertz CT molecular complexity index is 1360. The summed E-state index contributed by atoms with van der Waals surface area (Å²) in [4.78, 5) is 24.3. The molecule has 31 heavy (non-hydrogen) atoms. The molecule has 0 bridgehead atoms. The van der Waals surface area contributed by atoms with E-state index in [1.54, 1.807) is 11.1 Å². The standard InChI is InChI=1S/C23H21N3O3S2/c1-15-12-16(2)21-20(13-15)30-23(25-21)26(14-18-6-4-5-11-24-18)22(27)17-7-9-19(10-8-17)31(3,28)29/h4-13H,14H2,1-3H3. The van der Waals surface area contributed by atoms with E-state index >= 15 is 0 Å². The lowest BCUT2D eigenvalue weighted by Crippen LogP contribution is -2.30. The SMILES string of the molecule is Cc1cc(C)c2nc(N(Cc3ccccn3)C(=O)c3ccc(S(C)(=O)=O)cc3)sc2c1. The average molecular weight is 452 g/mol. The Kier molecular flexibility index (Phi) is 5.60. The summed E-state index contributed by atoms with van der Waals surface area (Å²) in [5.41, 5.74) is 4.18. The second-order valence-electron chi connectivity index (χ2n) is 7.43. The quantitative estimate of drug-likeness (QED) is 0.444. The number of thiazole rings is 1. The predicted molar refractivity (Wildman–Crippen MR) is 123 cm³/mol. The van der Waals surface area contributed by atoms with Crippen LogP contribution in [-0.2, 0) is 16.4 Å². The maximum Gasteiger partial charge on any atom is 0.260 e. The first-order chi connectivity index (χ1) is 14.7. The minimum Gasteiger partial charge on any atom is -0.278 e. The number of hydrogen-bond donors (Lipinski definition) is 0. The first-order valence-electron chi connectivity index (χ1n) is 9.62. The van der Waals surface area contributed by atoms with Gasteiger partial charge in [-0.1, -0.05) is 23.5 Å². The van der Waals surface area contributed by atoms with Gasteiger partial charge in [-0.2, -0.15) is 0 Å². The zero-order valence-electron chi connectivity index (χ0n) is 17.4. The van der Waals surface area contributed by atoms with Crippen LogP contribution < -0.4 is 4.90 Å². The molecule has 0 saturated carbocycles. The number of nitrogens with zero attached hydrogens (tertiary/aromatic N) is 3. The normalized spacial score (nSPS) is 11.6. The largest absolute Gasteiger partial charge is 0.278 e. The van der Waals surface area contributed by atoms with E-state index in [2.05, 4.69) is 17.1 Å². The first-order valence-corrected chi connectivity index (χ1v) is 12.3. The molecule has 0 atom stereocenters. The fourth-order valence-electron chi connectivity index (χ4n) is 3.35. The number of benzene rings is 2. The van der Waals surface area contributed by atoms with Gasteiger partial charge in [0.2, 0.25) is 0 Å². The number of amides is 1. The van der Waals surface area contributed by atoms with Crippen LogP contribution in [0.2, 0.25) is 0 Å². The smallest absolute Gasteiger partial charge is 0.260 e. The summed E-state index contributed by atoms with van der Waals surface area (Å²) in [5, 5.41) is 0.576. The van der Waals surface area contributed by atoms with E-state index < -0.39 is 9.84 Å². The van der Waals surface area contributed by atoms with Crippen LogP contribution in [0, 0.1) is 13.8 Å². The highest BCUT2D eigenvalue weighted by molar-refractivity contribution is 7.90. The van der Waals surface area contributed by atoms with Gasteiger partial charge in [0, 0.05) is 18.0 Å². The summed E-state index contributed by atoms with van der Waals surface area (Å²) in [5.74, 6) is -0.265. The van der Waals surface area contributed by atoms with E-state index in [4.69, 9.17) is 4.98 Å². The molecule has 1 amide bonds. The van der Waals surface area contributed by atoms with E-state index in [-0.39, 0.29) is 17.3 Å². The number of carbonyl (C=O) groups excluding carboxylic acids is 1. The van der Waals surface area contributed by atoms with Gasteiger partial charge >= 0.3 is 0 Å².